The number of ether oxygens (including phenoxy) is 1. The van der Waals surface area contributed by atoms with Gasteiger partial charge >= 0.3 is 0 Å². The van der Waals surface area contributed by atoms with Crippen LogP contribution < -0.4 is 10.5 Å². The maximum atomic E-state index is 14.2. The number of nitrogens with two attached hydrogens (primary N) is 1. The Morgan fingerprint density at radius 2 is 1.94 bits per heavy atom. The topological polar surface area (TPSA) is 103 Å². The molecule has 0 aliphatic carbocycles. The van der Waals surface area contributed by atoms with E-state index in [1.165, 1.54) is 30.7 Å². The number of halogens is 2. The van der Waals surface area contributed by atoms with Crippen molar-refractivity contribution in [1.29, 1.82) is 5.26 Å². The summed E-state index contributed by atoms with van der Waals surface area (Å²) in [4.78, 5) is 12.7. The van der Waals surface area contributed by atoms with Gasteiger partial charge in [0.25, 0.3) is 0 Å². The summed E-state index contributed by atoms with van der Waals surface area (Å²) in [6, 6.07) is 9.34. The van der Waals surface area contributed by atoms with Gasteiger partial charge in [-0.05, 0) is 36.8 Å². The van der Waals surface area contributed by atoms with Crippen molar-refractivity contribution in [1.82, 2.24) is 19.5 Å². The highest BCUT2D eigenvalue weighted by Gasteiger charge is 2.23. The third-order valence-electron chi connectivity index (χ3n) is 5.40. The molecule has 1 aliphatic rings. The number of aromatic nitrogens is 4. The predicted molar refractivity (Wildman–Crippen MR) is 112 cm³/mol. The van der Waals surface area contributed by atoms with E-state index in [-0.39, 0.29) is 23.8 Å². The van der Waals surface area contributed by atoms with Crippen LogP contribution in [-0.4, -0.2) is 19.5 Å². The summed E-state index contributed by atoms with van der Waals surface area (Å²) < 4.78 is 36.2. The van der Waals surface area contributed by atoms with Crippen LogP contribution in [0, 0.1) is 23.0 Å². The zero-order chi connectivity index (χ0) is 22.4. The molecule has 0 saturated heterocycles. The van der Waals surface area contributed by atoms with Crippen LogP contribution in [0.15, 0.2) is 49.1 Å². The second-order valence-corrected chi connectivity index (χ2v) is 7.43. The summed E-state index contributed by atoms with van der Waals surface area (Å²) in [6.45, 7) is 1.94. The van der Waals surface area contributed by atoms with Crippen molar-refractivity contribution in [2.45, 2.75) is 19.6 Å². The second kappa shape index (κ2) is 7.42. The number of hydrogen-bond donors (Lipinski definition) is 1. The summed E-state index contributed by atoms with van der Waals surface area (Å²) in [5.74, 6) is -0.553. The maximum Gasteiger partial charge on any atom is 0.166 e. The van der Waals surface area contributed by atoms with Gasteiger partial charge < -0.3 is 15.0 Å². The van der Waals surface area contributed by atoms with Crippen LogP contribution >= 0.6 is 0 Å². The first-order valence-corrected chi connectivity index (χ1v) is 9.76. The summed E-state index contributed by atoms with van der Waals surface area (Å²) >= 11 is 0. The first-order valence-electron chi connectivity index (χ1n) is 9.76. The van der Waals surface area contributed by atoms with E-state index < -0.39 is 17.7 Å². The number of rotatable bonds is 0. The Bertz CT molecular complexity index is 1410. The molecule has 0 amide bonds. The van der Waals surface area contributed by atoms with Crippen LogP contribution in [-0.2, 0) is 6.54 Å². The molecule has 3 aromatic heterocycles. The molecule has 0 fully saturated rings. The van der Waals surface area contributed by atoms with Crippen LogP contribution in [0.5, 0.6) is 5.75 Å². The molecular formula is C23H16F2N6O. The number of pyridine rings is 2. The van der Waals surface area contributed by atoms with E-state index >= 15 is 0 Å². The Morgan fingerprint density at radius 3 is 2.75 bits per heavy atom. The van der Waals surface area contributed by atoms with Gasteiger partial charge in [-0.15, -0.1) is 0 Å². The molecule has 1 aromatic carbocycles. The number of nitriles is 1. The number of imidazole rings is 1. The van der Waals surface area contributed by atoms with Gasteiger partial charge in [0.2, 0.25) is 0 Å². The number of nitrogen functional groups attached to an aromatic ring is 1. The van der Waals surface area contributed by atoms with Gasteiger partial charge in [-0.1, -0.05) is 6.07 Å². The lowest BCUT2D eigenvalue weighted by molar-refractivity contribution is 0.227. The predicted octanol–water partition coefficient (Wildman–Crippen LogP) is 4.24. The molecule has 0 saturated carbocycles. The largest absolute Gasteiger partial charge is 0.482 e. The van der Waals surface area contributed by atoms with E-state index in [0.29, 0.717) is 33.6 Å². The van der Waals surface area contributed by atoms with Crippen molar-refractivity contribution in [2.75, 3.05) is 5.73 Å². The van der Waals surface area contributed by atoms with E-state index in [0.717, 1.165) is 6.20 Å². The van der Waals surface area contributed by atoms with Gasteiger partial charge in [0, 0.05) is 22.9 Å². The van der Waals surface area contributed by atoms with Crippen molar-refractivity contribution >= 4 is 5.82 Å². The van der Waals surface area contributed by atoms with E-state index in [2.05, 4.69) is 21.0 Å². The molecule has 4 aromatic rings. The molecule has 7 nitrogen and oxygen atoms in total. The van der Waals surface area contributed by atoms with Gasteiger partial charge in [-0.2, -0.15) is 5.26 Å². The first-order chi connectivity index (χ1) is 15.4. The number of hydrogen-bond acceptors (Lipinski definition) is 6. The highest BCUT2D eigenvalue weighted by molar-refractivity contribution is 5.72. The zero-order valence-electron chi connectivity index (χ0n) is 16.9. The monoisotopic (exact) mass is 430 g/mol. The van der Waals surface area contributed by atoms with E-state index in [9.17, 15) is 14.0 Å². The molecule has 2 N–H and O–H groups in total. The van der Waals surface area contributed by atoms with Crippen LogP contribution in [0.3, 0.4) is 0 Å². The van der Waals surface area contributed by atoms with Gasteiger partial charge in [0.1, 0.15) is 23.8 Å². The lowest BCUT2D eigenvalue weighted by Crippen LogP contribution is -2.11. The minimum absolute atomic E-state index is 0.147. The first kappa shape index (κ1) is 19.6. The molecule has 1 aliphatic heterocycles. The van der Waals surface area contributed by atoms with Crippen molar-refractivity contribution in [3.05, 3.63) is 77.6 Å². The van der Waals surface area contributed by atoms with Gasteiger partial charge in [-0.25, -0.2) is 18.7 Å². The van der Waals surface area contributed by atoms with Gasteiger partial charge in [0.05, 0.1) is 30.5 Å². The molecule has 5 rings (SSSR count). The fourth-order valence-corrected chi connectivity index (χ4v) is 3.92. The van der Waals surface area contributed by atoms with Crippen molar-refractivity contribution in [3.8, 4) is 34.2 Å². The molecule has 4 heterocycles. The average Bonchev–Trinajstić information content (AvgIpc) is 3.18. The van der Waals surface area contributed by atoms with E-state index in [1.54, 1.807) is 23.6 Å². The Labute approximate surface area is 181 Å². The fourth-order valence-electron chi connectivity index (χ4n) is 3.92. The second-order valence-electron chi connectivity index (χ2n) is 7.43. The third kappa shape index (κ3) is 3.22. The molecule has 1 atom stereocenters. The highest BCUT2D eigenvalue weighted by atomic mass is 19.1. The lowest BCUT2D eigenvalue weighted by Gasteiger charge is -2.22. The van der Waals surface area contributed by atoms with Crippen molar-refractivity contribution in [3.63, 3.8) is 0 Å². The molecule has 32 heavy (non-hydrogen) atoms. The Balaban J connectivity index is 1.84. The lowest BCUT2D eigenvalue weighted by atomic mass is 9.95. The van der Waals surface area contributed by atoms with Crippen molar-refractivity contribution < 1.29 is 13.5 Å². The zero-order valence-corrected chi connectivity index (χ0v) is 16.9. The standard InChI is InChI=1S/C23H16F2N6O/c1-12-17-5-14(24)2-3-16(17)18-6-15(25)9-28-20(18)10-31-11-30-19(7-26)22(31)13-4-21(32-12)23(27)29-8-13/h2-6,8-9,11-12H,10H2,1H3,(H2,27,29). The van der Waals surface area contributed by atoms with Gasteiger partial charge in [0.15, 0.2) is 17.3 Å². The molecule has 9 heteroatoms. The molecule has 2 bridgehead atoms. The minimum atomic E-state index is -0.643. The van der Waals surface area contributed by atoms with E-state index in [4.69, 9.17) is 10.5 Å². The van der Waals surface area contributed by atoms with Crippen LogP contribution in [0.25, 0.3) is 22.4 Å². The summed E-state index contributed by atoms with van der Waals surface area (Å²) in [5, 5.41) is 9.58. The summed E-state index contributed by atoms with van der Waals surface area (Å²) in [5.41, 5.74) is 9.40. The average molecular weight is 430 g/mol. The third-order valence-corrected chi connectivity index (χ3v) is 5.40. The number of nitrogens with zero attached hydrogens (tertiary/aromatic N) is 5. The van der Waals surface area contributed by atoms with E-state index in [1.807, 2.05) is 0 Å². The van der Waals surface area contributed by atoms with Crippen molar-refractivity contribution in [2.24, 2.45) is 0 Å². The summed E-state index contributed by atoms with van der Waals surface area (Å²) in [6.07, 6.45) is 3.52. The molecule has 158 valence electrons. The number of benzene rings is 1. The van der Waals surface area contributed by atoms with Gasteiger partial charge in [-0.3, -0.25) is 4.98 Å². The molecular weight excluding hydrogens is 414 g/mol. The SMILES string of the molecule is CC1Oc2cc(cnc2N)-c2c(C#N)ncn2Cc2ncc(F)cc2-c2ccc(F)cc21. The molecule has 1 unspecified atom stereocenters. The Morgan fingerprint density at radius 1 is 1.09 bits per heavy atom. The quantitative estimate of drug-likeness (QED) is 0.448. The maximum absolute atomic E-state index is 14.2. The van der Waals surface area contributed by atoms with Crippen LogP contribution in [0.4, 0.5) is 14.6 Å². The Kier molecular flexibility index (Phi) is 4.56. The number of fused-ring (bicyclic) bond motifs is 7. The fraction of sp³-hybridized carbons (Fsp3) is 0.130. The van der Waals surface area contributed by atoms with Crippen LogP contribution in [0.1, 0.15) is 30.0 Å². The summed E-state index contributed by atoms with van der Waals surface area (Å²) in [7, 11) is 0. The Hall–Kier alpha value is -4.32. The minimum Gasteiger partial charge on any atom is -0.482 e. The normalized spacial score (nSPS) is 14.6. The molecule has 0 radical (unpaired) electrons. The molecule has 0 spiro atoms. The highest BCUT2D eigenvalue weighted by Crippen LogP contribution is 2.37. The number of anilines is 1. The smallest absolute Gasteiger partial charge is 0.166 e. The van der Waals surface area contributed by atoms with Crippen LogP contribution in [0.2, 0.25) is 0 Å².